The fraction of sp³-hybridized carbons (Fsp3) is 0.250. The van der Waals surface area contributed by atoms with Crippen LogP contribution in [0.5, 0.6) is 0 Å². The second-order valence-corrected chi connectivity index (χ2v) is 5.62. The Bertz CT molecular complexity index is 816. The van der Waals surface area contributed by atoms with Gasteiger partial charge in [0.2, 0.25) is 5.91 Å². The molecule has 1 unspecified atom stereocenters. The lowest BCUT2D eigenvalue weighted by Gasteiger charge is -2.38. The monoisotopic (exact) mass is 327 g/mol. The van der Waals surface area contributed by atoms with Gasteiger partial charge >= 0.3 is 0 Å². The Morgan fingerprint density at radius 3 is 3.00 bits per heavy atom. The number of piperazine rings is 1. The number of rotatable bonds is 2. The van der Waals surface area contributed by atoms with Crippen molar-refractivity contribution < 1.29 is 4.79 Å². The summed E-state index contributed by atoms with van der Waals surface area (Å²) < 4.78 is 0. The first-order valence-electron chi connectivity index (χ1n) is 7.12. The zero-order chi connectivity index (χ0) is 16.4. The average Bonchev–Trinajstić information content (AvgIpc) is 2.59. The van der Waals surface area contributed by atoms with E-state index in [0.717, 1.165) is 16.7 Å². The fourth-order valence-corrected chi connectivity index (χ4v) is 2.90. The number of aromatic nitrogens is 2. The third kappa shape index (κ3) is 2.83. The van der Waals surface area contributed by atoms with Crippen LogP contribution in [-0.4, -0.2) is 46.5 Å². The SMILES string of the molecule is C=CC(=O)N1CCN(c2ncnc3cc(Cl)ccc23)CC1C#N. The highest BCUT2D eigenvalue weighted by molar-refractivity contribution is 6.31. The summed E-state index contributed by atoms with van der Waals surface area (Å²) in [5, 5.41) is 10.8. The minimum Gasteiger partial charge on any atom is -0.351 e. The standard InChI is InChI=1S/C16H14ClN5O/c1-2-15(23)22-6-5-21(9-12(22)8-18)16-13-4-3-11(17)7-14(13)19-10-20-16/h2-4,7,10,12H,1,5-6,9H2. The Morgan fingerprint density at radius 2 is 2.26 bits per heavy atom. The van der Waals surface area contributed by atoms with Gasteiger partial charge in [0.25, 0.3) is 0 Å². The predicted molar refractivity (Wildman–Crippen MR) is 88.1 cm³/mol. The topological polar surface area (TPSA) is 73.1 Å². The lowest BCUT2D eigenvalue weighted by Crippen LogP contribution is -2.54. The van der Waals surface area contributed by atoms with E-state index in [-0.39, 0.29) is 5.91 Å². The van der Waals surface area contributed by atoms with Gasteiger partial charge in [-0.2, -0.15) is 5.26 Å². The molecule has 1 aromatic heterocycles. The normalized spacial score (nSPS) is 17.8. The zero-order valence-electron chi connectivity index (χ0n) is 12.3. The van der Waals surface area contributed by atoms with E-state index >= 15 is 0 Å². The van der Waals surface area contributed by atoms with Gasteiger partial charge in [-0.15, -0.1) is 0 Å². The van der Waals surface area contributed by atoms with Crippen molar-refractivity contribution in [2.24, 2.45) is 0 Å². The summed E-state index contributed by atoms with van der Waals surface area (Å²) in [7, 11) is 0. The summed E-state index contributed by atoms with van der Waals surface area (Å²) in [5.41, 5.74) is 0.751. The Labute approximate surface area is 138 Å². The van der Waals surface area contributed by atoms with Gasteiger partial charge in [-0.25, -0.2) is 9.97 Å². The largest absolute Gasteiger partial charge is 0.351 e. The molecule has 0 aliphatic carbocycles. The summed E-state index contributed by atoms with van der Waals surface area (Å²) in [5.74, 6) is 0.521. The minimum atomic E-state index is -0.536. The van der Waals surface area contributed by atoms with Crippen molar-refractivity contribution in [2.75, 3.05) is 24.5 Å². The van der Waals surface area contributed by atoms with E-state index in [1.165, 1.54) is 17.3 Å². The highest BCUT2D eigenvalue weighted by Crippen LogP contribution is 2.27. The van der Waals surface area contributed by atoms with E-state index < -0.39 is 6.04 Å². The molecule has 0 spiro atoms. The molecule has 116 valence electrons. The number of carbonyl (C=O) groups excluding carboxylic acids is 1. The molecule has 1 aromatic carbocycles. The van der Waals surface area contributed by atoms with Crippen molar-refractivity contribution in [3.63, 3.8) is 0 Å². The zero-order valence-corrected chi connectivity index (χ0v) is 13.1. The molecule has 23 heavy (non-hydrogen) atoms. The number of carbonyl (C=O) groups is 1. The summed E-state index contributed by atoms with van der Waals surface area (Å²) in [6.07, 6.45) is 2.72. The van der Waals surface area contributed by atoms with Gasteiger partial charge in [-0.05, 0) is 24.3 Å². The molecule has 3 rings (SSSR count). The molecule has 1 aliphatic rings. The van der Waals surface area contributed by atoms with Gasteiger partial charge in [0.1, 0.15) is 18.2 Å². The average molecular weight is 328 g/mol. The number of nitrogens with zero attached hydrogens (tertiary/aromatic N) is 5. The maximum atomic E-state index is 11.8. The number of hydrogen-bond donors (Lipinski definition) is 0. The Hall–Kier alpha value is -2.65. The van der Waals surface area contributed by atoms with Crippen LogP contribution in [0.1, 0.15) is 0 Å². The number of halogens is 1. The summed E-state index contributed by atoms with van der Waals surface area (Å²) in [6, 6.07) is 7.08. The molecule has 0 radical (unpaired) electrons. The fourth-order valence-electron chi connectivity index (χ4n) is 2.73. The lowest BCUT2D eigenvalue weighted by atomic mass is 10.1. The first kappa shape index (κ1) is 15.3. The molecule has 2 heterocycles. The van der Waals surface area contributed by atoms with Crippen LogP contribution in [0.2, 0.25) is 5.02 Å². The molecule has 1 fully saturated rings. The number of benzene rings is 1. The molecular weight excluding hydrogens is 314 g/mol. The minimum absolute atomic E-state index is 0.226. The van der Waals surface area contributed by atoms with Gasteiger partial charge in [0.05, 0.1) is 18.1 Å². The quantitative estimate of drug-likeness (QED) is 0.789. The summed E-state index contributed by atoms with van der Waals surface area (Å²) >= 11 is 6.00. The van der Waals surface area contributed by atoms with Gasteiger partial charge in [0, 0.05) is 23.5 Å². The van der Waals surface area contributed by atoms with E-state index in [1.54, 1.807) is 12.1 Å². The van der Waals surface area contributed by atoms with Crippen LogP contribution < -0.4 is 4.90 Å². The highest BCUT2D eigenvalue weighted by Gasteiger charge is 2.30. The second-order valence-electron chi connectivity index (χ2n) is 5.19. The van der Waals surface area contributed by atoms with E-state index in [9.17, 15) is 10.1 Å². The summed E-state index contributed by atoms with van der Waals surface area (Å²) in [4.78, 5) is 23.9. The second kappa shape index (κ2) is 6.23. The van der Waals surface area contributed by atoms with Crippen molar-refractivity contribution in [1.29, 1.82) is 5.26 Å². The van der Waals surface area contributed by atoms with E-state index in [2.05, 4.69) is 22.6 Å². The molecule has 1 atom stereocenters. The van der Waals surface area contributed by atoms with E-state index in [4.69, 9.17) is 11.6 Å². The maximum Gasteiger partial charge on any atom is 0.247 e. The number of fused-ring (bicyclic) bond motifs is 1. The molecule has 2 aromatic rings. The summed E-state index contributed by atoms with van der Waals surface area (Å²) in [6.45, 7) is 4.91. The molecule has 1 aliphatic heterocycles. The first-order chi connectivity index (χ1) is 11.1. The molecule has 0 bridgehead atoms. The number of anilines is 1. The van der Waals surface area contributed by atoms with Crippen LogP contribution in [0.4, 0.5) is 5.82 Å². The maximum absolute atomic E-state index is 11.8. The first-order valence-corrected chi connectivity index (χ1v) is 7.49. The Morgan fingerprint density at radius 1 is 1.43 bits per heavy atom. The predicted octanol–water partition coefficient (Wildman–Crippen LogP) is 2.01. The molecule has 7 heteroatoms. The number of hydrogen-bond acceptors (Lipinski definition) is 5. The Balaban J connectivity index is 1.94. The lowest BCUT2D eigenvalue weighted by molar-refractivity contribution is -0.127. The van der Waals surface area contributed by atoms with Crippen LogP contribution in [0.25, 0.3) is 10.9 Å². The molecule has 1 amide bonds. The van der Waals surface area contributed by atoms with Crippen LogP contribution in [0.15, 0.2) is 37.2 Å². The smallest absolute Gasteiger partial charge is 0.247 e. The van der Waals surface area contributed by atoms with Gasteiger partial charge in [-0.1, -0.05) is 18.2 Å². The van der Waals surface area contributed by atoms with Crippen molar-refractivity contribution in [1.82, 2.24) is 14.9 Å². The Kier molecular flexibility index (Phi) is 4.13. The molecule has 6 nitrogen and oxygen atoms in total. The van der Waals surface area contributed by atoms with Gasteiger partial charge < -0.3 is 9.80 Å². The van der Waals surface area contributed by atoms with Gasteiger partial charge in [-0.3, -0.25) is 4.79 Å². The highest BCUT2D eigenvalue weighted by atomic mass is 35.5. The van der Waals surface area contributed by atoms with Crippen LogP contribution in [0, 0.1) is 11.3 Å². The third-order valence-corrected chi connectivity index (χ3v) is 4.10. The van der Waals surface area contributed by atoms with Crippen molar-refractivity contribution in [3.05, 3.63) is 42.2 Å². The van der Waals surface area contributed by atoms with Crippen LogP contribution >= 0.6 is 11.6 Å². The van der Waals surface area contributed by atoms with E-state index in [0.29, 0.717) is 24.7 Å². The van der Waals surface area contributed by atoms with Crippen LogP contribution in [-0.2, 0) is 4.79 Å². The van der Waals surface area contributed by atoms with Crippen molar-refractivity contribution >= 4 is 34.2 Å². The number of amides is 1. The number of nitriles is 1. The van der Waals surface area contributed by atoms with Crippen molar-refractivity contribution in [3.8, 4) is 6.07 Å². The van der Waals surface area contributed by atoms with Gasteiger partial charge in [0.15, 0.2) is 0 Å². The molecule has 0 saturated carbocycles. The molecule has 1 saturated heterocycles. The third-order valence-electron chi connectivity index (χ3n) is 3.86. The van der Waals surface area contributed by atoms with Crippen LogP contribution in [0.3, 0.4) is 0 Å². The molecular formula is C16H14ClN5O. The van der Waals surface area contributed by atoms with Crippen molar-refractivity contribution in [2.45, 2.75) is 6.04 Å². The van der Waals surface area contributed by atoms with E-state index in [1.807, 2.05) is 11.0 Å². The molecule has 0 N–H and O–H groups in total.